The number of benzene rings is 3. The Morgan fingerprint density at radius 2 is 1.37 bits per heavy atom. The number of ether oxygens (including phenoxy) is 8. The molecule has 0 amide bonds. The number of aliphatic hydroxyl groups is 2. The van der Waals surface area contributed by atoms with Crippen molar-refractivity contribution in [3.05, 3.63) is 108 Å². The van der Waals surface area contributed by atoms with Gasteiger partial charge in [0.15, 0.2) is 5.79 Å². The molecule has 2 N–H and O–H groups in total. The molecule has 2 fully saturated rings. The maximum Gasteiger partial charge on any atom is 0.163 e. The molecule has 11 heteroatoms. The third kappa shape index (κ3) is 10.3. The largest absolute Gasteiger partial charge is 0.388 e. The summed E-state index contributed by atoms with van der Waals surface area (Å²) in [5.41, 5.74) is 1.86. The van der Waals surface area contributed by atoms with Gasteiger partial charge in [0.05, 0.1) is 25.4 Å². The van der Waals surface area contributed by atoms with Crippen LogP contribution in [0, 0.1) is 0 Å². The van der Waals surface area contributed by atoms with Crippen LogP contribution in [0.2, 0.25) is 25.7 Å². The molecule has 0 spiro atoms. The van der Waals surface area contributed by atoms with Crippen LogP contribution in [0.15, 0.2) is 91.0 Å². The van der Waals surface area contributed by atoms with Gasteiger partial charge in [-0.25, -0.2) is 0 Å². The molecule has 0 bridgehead atoms. The Kier molecular flexibility index (Phi) is 14.0. The number of fused-ring (bicyclic) bond motifs is 1. The highest BCUT2D eigenvalue weighted by Crippen LogP contribution is 2.43. The Labute approximate surface area is 303 Å². The summed E-state index contributed by atoms with van der Waals surface area (Å²) in [7, 11) is 0.325. The molecule has 0 saturated carbocycles. The third-order valence-corrected chi connectivity index (χ3v) is 11.0. The predicted octanol–water partition coefficient (Wildman–Crippen LogP) is 5.71. The van der Waals surface area contributed by atoms with E-state index in [9.17, 15) is 10.2 Å². The molecule has 2 aliphatic heterocycles. The van der Waals surface area contributed by atoms with Gasteiger partial charge in [-0.2, -0.15) is 0 Å². The summed E-state index contributed by atoms with van der Waals surface area (Å²) >= 11 is 0. The smallest absolute Gasteiger partial charge is 0.163 e. The van der Waals surface area contributed by atoms with E-state index in [1.54, 1.807) is 7.11 Å². The second kappa shape index (κ2) is 18.0. The zero-order chi connectivity index (χ0) is 36.5. The monoisotopic (exact) mass is 724 g/mol. The van der Waals surface area contributed by atoms with Gasteiger partial charge in [0, 0.05) is 28.2 Å². The van der Waals surface area contributed by atoms with Crippen molar-refractivity contribution >= 4 is 8.07 Å². The van der Waals surface area contributed by atoms with Gasteiger partial charge in [-0.1, -0.05) is 111 Å². The highest BCUT2D eigenvalue weighted by atomic mass is 28.3. The van der Waals surface area contributed by atoms with E-state index < -0.39 is 62.2 Å². The SMILES string of the molecule is COCO[C@H](COC(c1ccccc1)(c1ccccc1)c1ccccc1)[C@H]1C[C@H]2OC(C)(C)O[C@H]2[C@H]([C@@H](O)[C@H](O)COCOCC[Si](C)(C)C)O1. The molecule has 7 atom stereocenters. The Balaban J connectivity index is 1.38. The van der Waals surface area contributed by atoms with E-state index in [0.717, 1.165) is 22.7 Å². The van der Waals surface area contributed by atoms with Crippen LogP contribution in [-0.4, -0.2) is 107 Å². The Hall–Kier alpha value is -2.52. The van der Waals surface area contributed by atoms with Crippen LogP contribution < -0.4 is 0 Å². The summed E-state index contributed by atoms with van der Waals surface area (Å²) in [6.45, 7) is 11.1. The molecular formula is C40H56O10Si. The molecule has 280 valence electrons. The van der Waals surface area contributed by atoms with Crippen molar-refractivity contribution in [1.29, 1.82) is 0 Å². The summed E-state index contributed by atoms with van der Waals surface area (Å²) in [6, 6.07) is 31.3. The summed E-state index contributed by atoms with van der Waals surface area (Å²) < 4.78 is 49.2. The summed E-state index contributed by atoms with van der Waals surface area (Å²) in [4.78, 5) is 0. The Morgan fingerprint density at radius 1 is 0.804 bits per heavy atom. The molecule has 2 heterocycles. The second-order valence-corrected chi connectivity index (χ2v) is 20.6. The third-order valence-electron chi connectivity index (χ3n) is 9.34. The molecule has 3 aromatic rings. The average molecular weight is 725 g/mol. The van der Waals surface area contributed by atoms with Crippen LogP contribution in [0.1, 0.15) is 37.0 Å². The lowest BCUT2D eigenvalue weighted by Crippen LogP contribution is -2.58. The zero-order valence-electron chi connectivity index (χ0n) is 30.8. The normalized spacial score (nSPS) is 23.8. The molecule has 2 saturated heterocycles. The number of rotatable bonds is 19. The molecule has 0 unspecified atom stereocenters. The standard InChI is InChI=1S/C40H56O10Si/c1-39(2)49-34-24-33(48-38(37(34)50-39)36(42)32(41)25-45-28-44-22-23-51(4,5)6)35(46-27-43-3)26-47-40(29-16-10-7-11-17-29,30-18-12-8-13-19-30)31-20-14-9-15-21-31/h7-21,32-38,41-42H,22-28H2,1-6H3/t32-,33-,34-,35-,36+,37-,38+/m1/s1. The minimum Gasteiger partial charge on any atom is -0.388 e. The van der Waals surface area contributed by atoms with Crippen LogP contribution in [0.5, 0.6) is 0 Å². The highest BCUT2D eigenvalue weighted by molar-refractivity contribution is 6.76. The molecule has 0 aliphatic carbocycles. The van der Waals surface area contributed by atoms with Crippen molar-refractivity contribution < 1.29 is 48.1 Å². The van der Waals surface area contributed by atoms with E-state index in [1.165, 1.54) is 0 Å². The summed E-state index contributed by atoms with van der Waals surface area (Å²) in [5, 5.41) is 22.6. The van der Waals surface area contributed by atoms with E-state index >= 15 is 0 Å². The molecule has 2 aliphatic rings. The van der Waals surface area contributed by atoms with Gasteiger partial charge >= 0.3 is 0 Å². The fourth-order valence-corrected chi connectivity index (χ4v) is 7.54. The van der Waals surface area contributed by atoms with Crippen LogP contribution >= 0.6 is 0 Å². The zero-order valence-corrected chi connectivity index (χ0v) is 31.8. The van der Waals surface area contributed by atoms with E-state index in [4.69, 9.17) is 37.9 Å². The average Bonchev–Trinajstić information content (AvgIpc) is 3.45. The molecule has 5 rings (SSSR count). The van der Waals surface area contributed by atoms with Crippen molar-refractivity contribution in [2.24, 2.45) is 0 Å². The first kappa shape index (κ1) is 39.7. The van der Waals surface area contributed by atoms with Gasteiger partial charge in [0.25, 0.3) is 0 Å². The highest BCUT2D eigenvalue weighted by Gasteiger charge is 2.54. The first-order valence-corrected chi connectivity index (χ1v) is 21.6. The van der Waals surface area contributed by atoms with Crippen molar-refractivity contribution in [1.82, 2.24) is 0 Å². The van der Waals surface area contributed by atoms with Gasteiger partial charge < -0.3 is 48.1 Å². The predicted molar refractivity (Wildman–Crippen MR) is 196 cm³/mol. The van der Waals surface area contributed by atoms with E-state index in [-0.39, 0.29) is 26.8 Å². The topological polar surface area (TPSA) is 114 Å². The van der Waals surface area contributed by atoms with E-state index in [2.05, 4.69) is 56.0 Å². The minimum atomic E-state index is -1.35. The molecule has 0 aromatic heterocycles. The van der Waals surface area contributed by atoms with Gasteiger partial charge in [-0.3, -0.25) is 0 Å². The molecule has 0 radical (unpaired) electrons. The van der Waals surface area contributed by atoms with Crippen LogP contribution in [0.3, 0.4) is 0 Å². The van der Waals surface area contributed by atoms with Crippen LogP contribution in [0.4, 0.5) is 0 Å². The maximum atomic E-state index is 11.5. The van der Waals surface area contributed by atoms with Gasteiger partial charge in [-0.15, -0.1) is 0 Å². The minimum absolute atomic E-state index is 0.0127. The van der Waals surface area contributed by atoms with Crippen molar-refractivity contribution in [3.63, 3.8) is 0 Å². The molecule has 51 heavy (non-hydrogen) atoms. The van der Waals surface area contributed by atoms with Crippen LogP contribution in [-0.2, 0) is 43.5 Å². The fraction of sp³-hybridized carbons (Fsp3) is 0.550. The first-order chi connectivity index (χ1) is 24.4. The lowest BCUT2D eigenvalue weighted by atomic mass is 9.80. The summed E-state index contributed by atoms with van der Waals surface area (Å²) in [5.74, 6) is -0.917. The molecular weight excluding hydrogens is 669 g/mol. The number of hydrogen-bond donors (Lipinski definition) is 2. The molecule has 10 nitrogen and oxygen atoms in total. The number of hydrogen-bond acceptors (Lipinski definition) is 10. The lowest BCUT2D eigenvalue weighted by molar-refractivity contribution is -0.238. The van der Waals surface area contributed by atoms with Crippen molar-refractivity contribution in [2.75, 3.05) is 40.5 Å². The van der Waals surface area contributed by atoms with Crippen LogP contribution in [0.25, 0.3) is 0 Å². The van der Waals surface area contributed by atoms with Gasteiger partial charge in [-0.05, 0) is 36.6 Å². The van der Waals surface area contributed by atoms with Crippen molar-refractivity contribution in [3.8, 4) is 0 Å². The number of aliphatic hydroxyl groups excluding tert-OH is 2. The van der Waals surface area contributed by atoms with Gasteiger partial charge in [0.2, 0.25) is 0 Å². The second-order valence-electron chi connectivity index (χ2n) is 15.0. The molecule has 3 aromatic carbocycles. The Morgan fingerprint density at radius 3 is 1.90 bits per heavy atom. The fourth-order valence-electron chi connectivity index (χ4n) is 6.78. The van der Waals surface area contributed by atoms with Crippen molar-refractivity contribution in [2.45, 2.75) is 100 Å². The Bertz CT molecular complexity index is 1340. The lowest BCUT2D eigenvalue weighted by Gasteiger charge is -2.43. The maximum absolute atomic E-state index is 11.5. The first-order valence-electron chi connectivity index (χ1n) is 17.9. The van der Waals surface area contributed by atoms with E-state index in [0.29, 0.717) is 13.0 Å². The summed E-state index contributed by atoms with van der Waals surface area (Å²) in [6.07, 6.45) is -5.49. The quantitative estimate of drug-likeness (QED) is 0.0690. The number of methoxy groups -OCH3 is 1. The van der Waals surface area contributed by atoms with Gasteiger partial charge in [0.1, 0.15) is 49.7 Å². The van der Waals surface area contributed by atoms with E-state index in [1.807, 2.05) is 68.4 Å².